The van der Waals surface area contributed by atoms with Crippen LogP contribution in [0.2, 0.25) is 0 Å². The van der Waals surface area contributed by atoms with Crippen molar-refractivity contribution in [1.29, 1.82) is 0 Å². The Balaban J connectivity index is 2.49. The molecule has 1 aliphatic rings. The first-order chi connectivity index (χ1) is 7.19. The summed E-state index contributed by atoms with van der Waals surface area (Å²) in [6, 6.07) is 0. The molecule has 15 heavy (non-hydrogen) atoms. The number of methoxy groups -OCH3 is 1. The van der Waals surface area contributed by atoms with Crippen molar-refractivity contribution in [1.82, 2.24) is 4.90 Å². The van der Waals surface area contributed by atoms with Gasteiger partial charge in [-0.2, -0.15) is 0 Å². The Hall–Kier alpha value is -1.10. The fraction of sp³-hybridized carbons (Fsp3) is 0.800. The molecule has 5 nitrogen and oxygen atoms in total. The van der Waals surface area contributed by atoms with Crippen LogP contribution < -0.4 is 0 Å². The minimum absolute atomic E-state index is 0.00565. The Morgan fingerprint density at radius 3 is 2.73 bits per heavy atom. The Morgan fingerprint density at radius 1 is 1.53 bits per heavy atom. The Morgan fingerprint density at radius 2 is 2.27 bits per heavy atom. The molecule has 0 saturated carbocycles. The van der Waals surface area contributed by atoms with Crippen LogP contribution in [0.15, 0.2) is 0 Å². The number of carbonyl (C=O) groups excluding carboxylic acids is 2. The molecule has 0 bridgehead atoms. The molecule has 1 fully saturated rings. The summed E-state index contributed by atoms with van der Waals surface area (Å²) in [5.74, 6) is -0.511. The third-order valence-electron chi connectivity index (χ3n) is 2.45. The van der Waals surface area contributed by atoms with E-state index >= 15 is 0 Å². The smallest absolute Gasteiger partial charge is 0.325 e. The van der Waals surface area contributed by atoms with E-state index in [0.717, 1.165) is 12.8 Å². The topological polar surface area (TPSA) is 55.8 Å². The number of likely N-dealkylation sites (N-methyl/N-ethyl adjacent to an activating group) is 1. The van der Waals surface area contributed by atoms with Gasteiger partial charge >= 0.3 is 5.97 Å². The Bertz CT molecular complexity index is 236. The lowest BCUT2D eigenvalue weighted by molar-refractivity contribution is -0.150. The molecule has 1 unspecified atom stereocenters. The summed E-state index contributed by atoms with van der Waals surface area (Å²) in [6.45, 7) is 2.96. The van der Waals surface area contributed by atoms with E-state index in [-0.39, 0.29) is 18.6 Å². The highest BCUT2D eigenvalue weighted by atomic mass is 16.5. The fourth-order valence-corrected chi connectivity index (χ4v) is 1.54. The van der Waals surface area contributed by atoms with Crippen LogP contribution in [-0.4, -0.2) is 49.7 Å². The molecule has 0 aromatic rings. The number of esters is 1. The quantitative estimate of drug-likeness (QED) is 0.628. The molecule has 1 saturated heterocycles. The minimum Gasteiger partial charge on any atom is -0.468 e. The van der Waals surface area contributed by atoms with Gasteiger partial charge in [0.05, 0.1) is 7.11 Å². The monoisotopic (exact) mass is 215 g/mol. The number of hydrogen-bond acceptors (Lipinski definition) is 4. The molecule has 1 atom stereocenters. The van der Waals surface area contributed by atoms with Crippen LogP contribution in [0.1, 0.15) is 19.8 Å². The summed E-state index contributed by atoms with van der Waals surface area (Å²) in [7, 11) is 1.31. The molecule has 86 valence electrons. The van der Waals surface area contributed by atoms with Crippen LogP contribution in [0.4, 0.5) is 0 Å². The van der Waals surface area contributed by atoms with Crippen molar-refractivity contribution in [3.05, 3.63) is 0 Å². The standard InChI is InChI=1S/C10H17NO4/c1-3-11(7-9(12)14-2)10(13)8-5-4-6-15-8/h8H,3-7H2,1-2H3. The highest BCUT2D eigenvalue weighted by Gasteiger charge is 2.28. The number of hydrogen-bond donors (Lipinski definition) is 0. The van der Waals surface area contributed by atoms with Gasteiger partial charge in [-0.1, -0.05) is 0 Å². The first-order valence-corrected chi connectivity index (χ1v) is 5.16. The largest absolute Gasteiger partial charge is 0.468 e. The lowest BCUT2D eigenvalue weighted by Gasteiger charge is -2.22. The van der Waals surface area contributed by atoms with Crippen molar-refractivity contribution in [2.24, 2.45) is 0 Å². The van der Waals surface area contributed by atoms with Gasteiger partial charge in [0, 0.05) is 13.2 Å². The van der Waals surface area contributed by atoms with Crippen LogP contribution >= 0.6 is 0 Å². The van der Waals surface area contributed by atoms with Crippen molar-refractivity contribution in [2.75, 3.05) is 26.8 Å². The van der Waals surface area contributed by atoms with E-state index < -0.39 is 5.97 Å². The van der Waals surface area contributed by atoms with Crippen LogP contribution in [-0.2, 0) is 19.1 Å². The second-order valence-corrected chi connectivity index (χ2v) is 3.43. The molecular weight excluding hydrogens is 198 g/mol. The number of carbonyl (C=O) groups is 2. The molecule has 0 spiro atoms. The van der Waals surface area contributed by atoms with E-state index in [2.05, 4.69) is 4.74 Å². The Labute approximate surface area is 89.3 Å². The van der Waals surface area contributed by atoms with Crippen molar-refractivity contribution >= 4 is 11.9 Å². The normalized spacial score (nSPS) is 20.0. The van der Waals surface area contributed by atoms with E-state index in [9.17, 15) is 9.59 Å². The maximum atomic E-state index is 11.8. The van der Waals surface area contributed by atoms with E-state index in [1.165, 1.54) is 12.0 Å². The first-order valence-electron chi connectivity index (χ1n) is 5.16. The van der Waals surface area contributed by atoms with Gasteiger partial charge in [-0.15, -0.1) is 0 Å². The van der Waals surface area contributed by atoms with Crippen LogP contribution in [0, 0.1) is 0 Å². The molecule has 1 amide bonds. The van der Waals surface area contributed by atoms with Gasteiger partial charge in [-0.05, 0) is 19.8 Å². The van der Waals surface area contributed by atoms with Gasteiger partial charge in [0.1, 0.15) is 12.6 Å². The van der Waals surface area contributed by atoms with E-state index in [1.54, 1.807) is 0 Å². The zero-order valence-corrected chi connectivity index (χ0v) is 9.19. The second kappa shape index (κ2) is 5.70. The summed E-state index contributed by atoms with van der Waals surface area (Å²) in [4.78, 5) is 24.3. The van der Waals surface area contributed by atoms with Gasteiger partial charge in [-0.25, -0.2) is 0 Å². The van der Waals surface area contributed by atoms with Crippen molar-refractivity contribution in [3.63, 3.8) is 0 Å². The molecule has 1 rings (SSSR count). The average molecular weight is 215 g/mol. The van der Waals surface area contributed by atoms with Gasteiger partial charge in [-0.3, -0.25) is 9.59 Å². The number of nitrogens with zero attached hydrogens (tertiary/aromatic N) is 1. The summed E-state index contributed by atoms with van der Waals surface area (Å²) in [5, 5.41) is 0. The SMILES string of the molecule is CCN(CC(=O)OC)C(=O)C1CCCO1. The zero-order chi connectivity index (χ0) is 11.3. The average Bonchev–Trinajstić information content (AvgIpc) is 2.77. The maximum Gasteiger partial charge on any atom is 0.325 e. The summed E-state index contributed by atoms with van der Waals surface area (Å²) < 4.78 is 9.79. The van der Waals surface area contributed by atoms with Crippen molar-refractivity contribution in [3.8, 4) is 0 Å². The first kappa shape index (κ1) is 12.0. The molecule has 0 N–H and O–H groups in total. The molecular formula is C10H17NO4. The molecule has 1 aliphatic heterocycles. The molecule has 1 heterocycles. The van der Waals surface area contributed by atoms with Crippen molar-refractivity contribution in [2.45, 2.75) is 25.9 Å². The summed E-state index contributed by atoms with van der Waals surface area (Å²) in [5.41, 5.74) is 0. The van der Waals surface area contributed by atoms with E-state index in [4.69, 9.17) is 4.74 Å². The van der Waals surface area contributed by atoms with Crippen LogP contribution in [0.25, 0.3) is 0 Å². The Kier molecular flexibility index (Phi) is 4.55. The van der Waals surface area contributed by atoms with E-state index in [1.807, 2.05) is 6.92 Å². The lowest BCUT2D eigenvalue weighted by Crippen LogP contribution is -2.42. The van der Waals surface area contributed by atoms with Gasteiger partial charge in [0.15, 0.2) is 0 Å². The predicted octanol–water partition coefficient (Wildman–Crippen LogP) is 0.187. The van der Waals surface area contributed by atoms with Crippen molar-refractivity contribution < 1.29 is 19.1 Å². The third-order valence-corrected chi connectivity index (χ3v) is 2.45. The van der Waals surface area contributed by atoms with Crippen LogP contribution in [0.3, 0.4) is 0 Å². The maximum absolute atomic E-state index is 11.8. The number of amides is 1. The highest BCUT2D eigenvalue weighted by Crippen LogP contribution is 2.14. The van der Waals surface area contributed by atoms with Gasteiger partial charge in [0.2, 0.25) is 0 Å². The molecule has 0 aromatic carbocycles. The zero-order valence-electron chi connectivity index (χ0n) is 9.19. The fourth-order valence-electron chi connectivity index (χ4n) is 1.54. The number of ether oxygens (including phenoxy) is 2. The summed E-state index contributed by atoms with van der Waals surface area (Å²) in [6.07, 6.45) is 1.29. The molecule has 5 heteroatoms. The summed E-state index contributed by atoms with van der Waals surface area (Å²) >= 11 is 0. The number of rotatable bonds is 4. The minimum atomic E-state index is -0.400. The third kappa shape index (κ3) is 3.20. The highest BCUT2D eigenvalue weighted by molar-refractivity contribution is 5.85. The molecule has 0 radical (unpaired) electrons. The van der Waals surface area contributed by atoms with Crippen LogP contribution in [0.5, 0.6) is 0 Å². The lowest BCUT2D eigenvalue weighted by atomic mass is 10.2. The van der Waals surface area contributed by atoms with E-state index in [0.29, 0.717) is 13.2 Å². The van der Waals surface area contributed by atoms with Gasteiger partial charge in [0.25, 0.3) is 5.91 Å². The van der Waals surface area contributed by atoms with Gasteiger partial charge < -0.3 is 14.4 Å². The molecule has 0 aromatic heterocycles. The molecule has 0 aliphatic carbocycles. The second-order valence-electron chi connectivity index (χ2n) is 3.43. The predicted molar refractivity (Wildman–Crippen MR) is 53.2 cm³/mol.